The van der Waals surface area contributed by atoms with E-state index in [1.807, 2.05) is 0 Å². The van der Waals surface area contributed by atoms with Crippen molar-refractivity contribution in [2.24, 2.45) is 0 Å². The highest BCUT2D eigenvalue weighted by molar-refractivity contribution is 5.14. The van der Waals surface area contributed by atoms with Gasteiger partial charge in [0.1, 0.15) is 5.60 Å². The summed E-state index contributed by atoms with van der Waals surface area (Å²) < 4.78 is 18.0. The van der Waals surface area contributed by atoms with Gasteiger partial charge in [-0.3, -0.25) is 0 Å². The fraction of sp³-hybridized carbons (Fsp3) is 0.500. The van der Waals surface area contributed by atoms with E-state index in [9.17, 15) is 9.50 Å². The molecule has 0 amide bonds. The van der Waals surface area contributed by atoms with Gasteiger partial charge < -0.3 is 9.84 Å². The third-order valence-electron chi connectivity index (χ3n) is 2.51. The number of ether oxygens (including phenoxy) is 1. The summed E-state index contributed by atoms with van der Waals surface area (Å²) in [7, 11) is 0. The molecule has 4 heteroatoms. The van der Waals surface area contributed by atoms with Gasteiger partial charge in [-0.25, -0.2) is 4.98 Å². The lowest BCUT2D eigenvalue weighted by Gasteiger charge is -2.31. The van der Waals surface area contributed by atoms with E-state index in [-0.39, 0.29) is 0 Å². The van der Waals surface area contributed by atoms with Crippen LogP contribution in [0.1, 0.15) is 18.5 Å². The molecule has 0 radical (unpaired) electrons. The largest absolute Gasteiger partial charge is 0.383 e. The zero-order chi connectivity index (χ0) is 10.0. The molecular formula is C10H12FNO2. The minimum atomic E-state index is -1.01. The maximum Gasteiger partial charge on any atom is 0.213 e. The van der Waals surface area contributed by atoms with E-state index in [2.05, 4.69) is 4.98 Å². The van der Waals surface area contributed by atoms with Crippen LogP contribution in [0.15, 0.2) is 18.2 Å². The van der Waals surface area contributed by atoms with Crippen LogP contribution in [0, 0.1) is 5.95 Å². The maximum atomic E-state index is 12.8. The SMILES string of the molecule is OC1(c2cccc(F)n2)CCOCC1. The number of aromatic nitrogens is 1. The minimum Gasteiger partial charge on any atom is -0.383 e. The fourth-order valence-electron chi connectivity index (χ4n) is 1.63. The quantitative estimate of drug-likeness (QED) is 0.688. The molecule has 1 saturated heterocycles. The zero-order valence-electron chi connectivity index (χ0n) is 7.74. The maximum absolute atomic E-state index is 12.8. The lowest BCUT2D eigenvalue weighted by molar-refractivity contribution is -0.0709. The van der Waals surface area contributed by atoms with E-state index >= 15 is 0 Å². The smallest absolute Gasteiger partial charge is 0.213 e. The van der Waals surface area contributed by atoms with Crippen molar-refractivity contribution in [2.45, 2.75) is 18.4 Å². The average Bonchev–Trinajstić information content (AvgIpc) is 2.19. The van der Waals surface area contributed by atoms with Gasteiger partial charge in [0.25, 0.3) is 0 Å². The third-order valence-corrected chi connectivity index (χ3v) is 2.51. The molecule has 2 heterocycles. The van der Waals surface area contributed by atoms with E-state index in [1.165, 1.54) is 6.07 Å². The monoisotopic (exact) mass is 197 g/mol. The first-order chi connectivity index (χ1) is 6.71. The Hall–Kier alpha value is -1.00. The van der Waals surface area contributed by atoms with Gasteiger partial charge in [0.15, 0.2) is 0 Å². The van der Waals surface area contributed by atoms with Gasteiger partial charge >= 0.3 is 0 Å². The molecule has 0 atom stereocenters. The van der Waals surface area contributed by atoms with Gasteiger partial charge in [0.05, 0.1) is 5.69 Å². The summed E-state index contributed by atoms with van der Waals surface area (Å²) in [6.07, 6.45) is 0.951. The molecule has 0 bridgehead atoms. The van der Waals surface area contributed by atoms with Crippen LogP contribution in [0.5, 0.6) is 0 Å². The number of rotatable bonds is 1. The fourth-order valence-corrected chi connectivity index (χ4v) is 1.63. The normalized spacial score (nSPS) is 20.7. The van der Waals surface area contributed by atoms with Gasteiger partial charge in [0, 0.05) is 26.1 Å². The lowest BCUT2D eigenvalue weighted by Crippen LogP contribution is -2.34. The summed E-state index contributed by atoms with van der Waals surface area (Å²) in [5.41, 5.74) is -0.610. The van der Waals surface area contributed by atoms with E-state index < -0.39 is 11.5 Å². The molecule has 0 aromatic carbocycles. The van der Waals surface area contributed by atoms with Crippen LogP contribution < -0.4 is 0 Å². The average molecular weight is 197 g/mol. The van der Waals surface area contributed by atoms with Crippen molar-refractivity contribution in [3.05, 3.63) is 29.8 Å². The van der Waals surface area contributed by atoms with Crippen LogP contribution in [0.2, 0.25) is 0 Å². The van der Waals surface area contributed by atoms with Crippen LogP contribution >= 0.6 is 0 Å². The number of hydrogen-bond donors (Lipinski definition) is 1. The molecule has 1 N–H and O–H groups in total. The van der Waals surface area contributed by atoms with Gasteiger partial charge in [-0.2, -0.15) is 4.39 Å². The van der Waals surface area contributed by atoms with E-state index in [0.29, 0.717) is 31.7 Å². The lowest BCUT2D eigenvalue weighted by atomic mass is 9.90. The number of hydrogen-bond acceptors (Lipinski definition) is 3. The van der Waals surface area contributed by atoms with Crippen LogP contribution in [0.25, 0.3) is 0 Å². The Labute approximate surface area is 81.5 Å². The molecule has 0 unspecified atom stereocenters. The first-order valence-corrected chi connectivity index (χ1v) is 4.64. The molecule has 14 heavy (non-hydrogen) atoms. The molecule has 1 aromatic heterocycles. The molecule has 3 nitrogen and oxygen atoms in total. The molecule has 0 saturated carbocycles. The second-order valence-corrected chi connectivity index (χ2v) is 3.49. The van der Waals surface area contributed by atoms with Crippen molar-refractivity contribution in [2.75, 3.05) is 13.2 Å². The number of halogens is 1. The van der Waals surface area contributed by atoms with Gasteiger partial charge in [-0.05, 0) is 12.1 Å². The Bertz CT molecular complexity index is 324. The summed E-state index contributed by atoms with van der Waals surface area (Å²) >= 11 is 0. The standard InChI is InChI=1S/C10H12FNO2/c11-9-3-1-2-8(12-9)10(13)4-6-14-7-5-10/h1-3,13H,4-7H2. The van der Waals surface area contributed by atoms with Crippen LogP contribution in [-0.4, -0.2) is 23.3 Å². The molecular weight excluding hydrogens is 185 g/mol. The molecule has 1 aliphatic heterocycles. The van der Waals surface area contributed by atoms with Gasteiger partial charge in [-0.1, -0.05) is 6.07 Å². The van der Waals surface area contributed by atoms with Crippen molar-refractivity contribution in [3.63, 3.8) is 0 Å². The Kier molecular flexibility index (Phi) is 2.48. The Balaban J connectivity index is 2.28. The molecule has 0 aliphatic carbocycles. The predicted molar refractivity (Wildman–Crippen MR) is 48.1 cm³/mol. The summed E-state index contributed by atoms with van der Waals surface area (Å²) in [5, 5.41) is 10.2. The number of aliphatic hydroxyl groups is 1. The van der Waals surface area contributed by atoms with Crippen molar-refractivity contribution in [1.29, 1.82) is 0 Å². The Morgan fingerprint density at radius 3 is 2.71 bits per heavy atom. The number of nitrogens with zero attached hydrogens (tertiary/aromatic N) is 1. The van der Waals surface area contributed by atoms with E-state index in [1.54, 1.807) is 12.1 Å². The molecule has 76 valence electrons. The second-order valence-electron chi connectivity index (χ2n) is 3.49. The summed E-state index contributed by atoms with van der Waals surface area (Å²) in [6, 6.07) is 4.48. The molecule has 1 aromatic rings. The second kappa shape index (κ2) is 3.63. The minimum absolute atomic E-state index is 0.404. The van der Waals surface area contributed by atoms with Gasteiger partial charge in [0.2, 0.25) is 5.95 Å². The van der Waals surface area contributed by atoms with Crippen molar-refractivity contribution in [3.8, 4) is 0 Å². The van der Waals surface area contributed by atoms with E-state index in [0.717, 1.165) is 0 Å². The topological polar surface area (TPSA) is 42.4 Å². The molecule has 2 rings (SSSR count). The van der Waals surface area contributed by atoms with Crippen LogP contribution in [0.4, 0.5) is 4.39 Å². The van der Waals surface area contributed by atoms with Crippen LogP contribution in [0.3, 0.4) is 0 Å². The van der Waals surface area contributed by atoms with Gasteiger partial charge in [-0.15, -0.1) is 0 Å². The third kappa shape index (κ3) is 1.76. The van der Waals surface area contributed by atoms with Crippen molar-refractivity contribution in [1.82, 2.24) is 4.98 Å². The summed E-state index contributed by atoms with van der Waals surface area (Å²) in [4.78, 5) is 3.70. The molecule has 0 spiro atoms. The summed E-state index contributed by atoms with van der Waals surface area (Å²) in [5.74, 6) is -0.553. The first kappa shape index (κ1) is 9.55. The highest BCUT2D eigenvalue weighted by atomic mass is 19.1. The van der Waals surface area contributed by atoms with E-state index in [4.69, 9.17) is 4.74 Å². The molecule has 1 aliphatic rings. The van der Waals surface area contributed by atoms with Crippen molar-refractivity contribution < 1.29 is 14.2 Å². The zero-order valence-corrected chi connectivity index (χ0v) is 7.74. The highest BCUT2D eigenvalue weighted by Crippen LogP contribution is 2.30. The van der Waals surface area contributed by atoms with Crippen LogP contribution in [-0.2, 0) is 10.3 Å². The van der Waals surface area contributed by atoms with Crippen molar-refractivity contribution >= 4 is 0 Å². The summed E-state index contributed by atoms with van der Waals surface area (Å²) in [6.45, 7) is 0.989. The molecule has 1 fully saturated rings. The first-order valence-electron chi connectivity index (χ1n) is 4.64. The number of pyridine rings is 1. The highest BCUT2D eigenvalue weighted by Gasteiger charge is 2.33. The predicted octanol–water partition coefficient (Wildman–Crippen LogP) is 1.22. The Morgan fingerprint density at radius 2 is 2.07 bits per heavy atom. The Morgan fingerprint density at radius 1 is 1.36 bits per heavy atom.